The first-order valence-electron chi connectivity index (χ1n) is 5.90. The number of nitrogens with one attached hydrogen (secondary N) is 2. The fourth-order valence-electron chi connectivity index (χ4n) is 1.18. The van der Waals surface area contributed by atoms with Crippen molar-refractivity contribution in [2.24, 2.45) is 16.6 Å². The van der Waals surface area contributed by atoms with E-state index in [-0.39, 0.29) is 42.4 Å². The molecule has 0 aromatic carbocycles. The van der Waals surface area contributed by atoms with E-state index in [1.165, 1.54) is 0 Å². The number of halogens is 1. The molecule has 1 aromatic heterocycles. The number of aliphatic imine (C=N–C) groups is 1. The molecule has 0 aliphatic carbocycles. The summed E-state index contributed by atoms with van der Waals surface area (Å²) in [5.74, 6) is 1.28. The number of hydrogen-bond acceptors (Lipinski definition) is 3. The molecule has 1 heterocycles. The van der Waals surface area contributed by atoms with Gasteiger partial charge in [-0.15, -0.1) is 24.0 Å². The third-order valence-electron chi connectivity index (χ3n) is 2.12. The number of nitrogens with two attached hydrogens (primary N) is 1. The fourth-order valence-corrected chi connectivity index (χ4v) is 1.18. The molecule has 6 nitrogen and oxygen atoms in total. The largest absolute Gasteiger partial charge is 0.467 e. The summed E-state index contributed by atoms with van der Waals surface area (Å²) in [5.41, 5.74) is 5.60. The van der Waals surface area contributed by atoms with Gasteiger partial charge < -0.3 is 20.8 Å². The molecular weight excluding hydrogens is 359 g/mol. The van der Waals surface area contributed by atoms with Gasteiger partial charge in [-0.25, -0.2) is 4.99 Å². The van der Waals surface area contributed by atoms with Crippen molar-refractivity contribution in [3.05, 3.63) is 24.2 Å². The van der Waals surface area contributed by atoms with Crippen LogP contribution >= 0.6 is 24.0 Å². The summed E-state index contributed by atoms with van der Waals surface area (Å²) >= 11 is 0. The lowest BCUT2D eigenvalue weighted by Gasteiger charge is -2.07. The summed E-state index contributed by atoms with van der Waals surface area (Å²) in [6.07, 6.45) is 1.56. The number of amides is 1. The molecule has 0 spiro atoms. The maximum atomic E-state index is 11.4. The first-order valence-corrected chi connectivity index (χ1v) is 5.90. The van der Waals surface area contributed by atoms with Gasteiger partial charge in [0.15, 0.2) is 5.96 Å². The summed E-state index contributed by atoms with van der Waals surface area (Å²) in [7, 11) is 0. The Labute approximate surface area is 130 Å². The predicted octanol–water partition coefficient (Wildman–Crippen LogP) is 1.07. The second-order valence-electron chi connectivity index (χ2n) is 4.33. The Morgan fingerprint density at radius 2 is 2.21 bits per heavy atom. The van der Waals surface area contributed by atoms with Crippen molar-refractivity contribution in [1.82, 2.24) is 10.6 Å². The average molecular weight is 380 g/mol. The van der Waals surface area contributed by atoms with Crippen LogP contribution in [-0.2, 0) is 11.3 Å². The Hall–Kier alpha value is -1.25. The van der Waals surface area contributed by atoms with Gasteiger partial charge in [0.25, 0.3) is 0 Å². The van der Waals surface area contributed by atoms with Crippen LogP contribution in [0.3, 0.4) is 0 Å². The summed E-state index contributed by atoms with van der Waals surface area (Å²) in [6.45, 7) is 5.24. The molecule has 0 radical (unpaired) electrons. The highest BCUT2D eigenvalue weighted by molar-refractivity contribution is 14.0. The highest BCUT2D eigenvalue weighted by Gasteiger charge is 2.02. The van der Waals surface area contributed by atoms with Gasteiger partial charge in [0.05, 0.1) is 12.8 Å². The van der Waals surface area contributed by atoms with Crippen LogP contribution in [0, 0.1) is 5.92 Å². The number of nitrogens with zero attached hydrogens (tertiary/aromatic N) is 1. The molecule has 0 fully saturated rings. The van der Waals surface area contributed by atoms with E-state index in [9.17, 15) is 4.79 Å². The lowest BCUT2D eigenvalue weighted by molar-refractivity contribution is -0.119. The van der Waals surface area contributed by atoms with Crippen molar-refractivity contribution >= 4 is 35.8 Å². The van der Waals surface area contributed by atoms with E-state index in [1.54, 1.807) is 18.4 Å². The fraction of sp³-hybridized carbons (Fsp3) is 0.500. The molecule has 1 aromatic rings. The van der Waals surface area contributed by atoms with Crippen molar-refractivity contribution in [1.29, 1.82) is 0 Å². The number of carbonyl (C=O) groups excluding carboxylic acids is 1. The molecule has 0 bridgehead atoms. The third-order valence-corrected chi connectivity index (χ3v) is 2.12. The van der Waals surface area contributed by atoms with Gasteiger partial charge in [-0.05, 0) is 18.1 Å². The Kier molecular flexibility index (Phi) is 9.02. The molecule has 0 aliphatic rings. The standard InChI is InChI=1S/C12H20N4O2.HI/c1-9(2)6-15-12(13)16-8-11(17)14-7-10-4-3-5-18-10;/h3-5,9H,6-8H2,1-2H3,(H,14,17)(H3,13,15,16);1H. The zero-order chi connectivity index (χ0) is 13.4. The average Bonchev–Trinajstić information content (AvgIpc) is 2.84. The Bertz CT molecular complexity index is 390. The zero-order valence-corrected chi connectivity index (χ0v) is 13.5. The van der Waals surface area contributed by atoms with Crippen molar-refractivity contribution < 1.29 is 9.21 Å². The monoisotopic (exact) mass is 380 g/mol. The van der Waals surface area contributed by atoms with Crippen LogP contribution in [-0.4, -0.2) is 25.0 Å². The van der Waals surface area contributed by atoms with Gasteiger partial charge in [0.1, 0.15) is 12.3 Å². The number of rotatable bonds is 6. The first-order chi connectivity index (χ1) is 8.58. The minimum atomic E-state index is -0.194. The van der Waals surface area contributed by atoms with Gasteiger partial charge in [-0.3, -0.25) is 4.79 Å². The van der Waals surface area contributed by atoms with Crippen LogP contribution in [0.5, 0.6) is 0 Å². The Balaban J connectivity index is 0.00000324. The highest BCUT2D eigenvalue weighted by Crippen LogP contribution is 1.98. The third kappa shape index (κ3) is 8.46. The second-order valence-corrected chi connectivity index (χ2v) is 4.33. The number of guanidine groups is 1. The lowest BCUT2D eigenvalue weighted by atomic mass is 10.2. The normalized spacial score (nSPS) is 11.0. The maximum Gasteiger partial charge on any atom is 0.242 e. The second kappa shape index (κ2) is 9.65. The molecule has 108 valence electrons. The molecule has 7 heteroatoms. The molecular formula is C12H21IN4O2. The summed E-state index contributed by atoms with van der Waals surface area (Å²) in [4.78, 5) is 15.4. The maximum absolute atomic E-state index is 11.4. The van der Waals surface area contributed by atoms with Crippen LogP contribution in [0.4, 0.5) is 0 Å². The molecule has 4 N–H and O–H groups in total. The van der Waals surface area contributed by atoms with E-state index in [0.717, 1.165) is 6.54 Å². The van der Waals surface area contributed by atoms with Gasteiger partial charge in [0.2, 0.25) is 5.91 Å². The molecule has 0 saturated carbocycles. The topological polar surface area (TPSA) is 92.6 Å². The molecule has 0 aliphatic heterocycles. The van der Waals surface area contributed by atoms with E-state index in [1.807, 2.05) is 0 Å². The quantitative estimate of drug-likeness (QED) is 0.391. The zero-order valence-electron chi connectivity index (χ0n) is 11.2. The molecule has 19 heavy (non-hydrogen) atoms. The summed E-state index contributed by atoms with van der Waals surface area (Å²) in [6, 6.07) is 3.57. The van der Waals surface area contributed by atoms with Crippen LogP contribution in [0.2, 0.25) is 0 Å². The molecule has 1 rings (SSSR count). The van der Waals surface area contributed by atoms with Gasteiger partial charge in [-0.2, -0.15) is 0 Å². The highest BCUT2D eigenvalue weighted by atomic mass is 127. The van der Waals surface area contributed by atoms with Crippen LogP contribution in [0.1, 0.15) is 19.6 Å². The summed E-state index contributed by atoms with van der Waals surface area (Å²) in [5, 5.41) is 5.62. The van der Waals surface area contributed by atoms with Crippen molar-refractivity contribution in [3.63, 3.8) is 0 Å². The first kappa shape index (κ1) is 17.8. The Morgan fingerprint density at radius 3 is 2.79 bits per heavy atom. The summed E-state index contributed by atoms with van der Waals surface area (Å²) < 4.78 is 5.09. The molecule has 1 amide bonds. The predicted molar refractivity (Wildman–Crippen MR) is 85.3 cm³/mol. The van der Waals surface area contributed by atoms with E-state index in [4.69, 9.17) is 10.2 Å². The molecule has 0 unspecified atom stereocenters. The smallest absolute Gasteiger partial charge is 0.242 e. The van der Waals surface area contributed by atoms with Crippen LogP contribution in [0.15, 0.2) is 27.8 Å². The number of carbonyl (C=O) groups is 1. The van der Waals surface area contributed by atoms with E-state index < -0.39 is 0 Å². The van der Waals surface area contributed by atoms with Crippen LogP contribution < -0.4 is 16.4 Å². The lowest BCUT2D eigenvalue weighted by Crippen LogP contribution is -2.35. The van der Waals surface area contributed by atoms with Crippen molar-refractivity contribution in [3.8, 4) is 0 Å². The van der Waals surface area contributed by atoms with Crippen molar-refractivity contribution in [2.45, 2.75) is 20.4 Å². The van der Waals surface area contributed by atoms with Gasteiger partial charge in [-0.1, -0.05) is 13.8 Å². The van der Waals surface area contributed by atoms with E-state index >= 15 is 0 Å². The van der Waals surface area contributed by atoms with Crippen molar-refractivity contribution in [2.75, 3.05) is 13.1 Å². The minimum absolute atomic E-state index is 0. The van der Waals surface area contributed by atoms with Gasteiger partial charge in [0, 0.05) is 6.54 Å². The van der Waals surface area contributed by atoms with Crippen LogP contribution in [0.25, 0.3) is 0 Å². The molecule has 0 atom stereocenters. The van der Waals surface area contributed by atoms with E-state index in [2.05, 4.69) is 29.5 Å². The van der Waals surface area contributed by atoms with E-state index in [0.29, 0.717) is 18.2 Å². The number of furan rings is 1. The Morgan fingerprint density at radius 1 is 1.47 bits per heavy atom. The number of hydrogen-bond donors (Lipinski definition) is 3. The van der Waals surface area contributed by atoms with Gasteiger partial charge >= 0.3 is 0 Å². The SMILES string of the molecule is CC(C)CNC(N)=NCC(=O)NCc1ccco1.I. The molecule has 0 saturated heterocycles. The minimum Gasteiger partial charge on any atom is -0.467 e.